The predicted octanol–water partition coefficient (Wildman–Crippen LogP) is 3.92. The fourth-order valence-electron chi connectivity index (χ4n) is 2.12. The van der Waals surface area contributed by atoms with Crippen LogP contribution in [0.2, 0.25) is 5.02 Å². The number of hydrogen-bond acceptors (Lipinski definition) is 2. The molecule has 1 aromatic rings. The van der Waals surface area contributed by atoms with Crippen molar-refractivity contribution in [1.82, 2.24) is 4.98 Å². The minimum absolute atomic E-state index is 0.357. The van der Waals surface area contributed by atoms with Gasteiger partial charge in [0.15, 0.2) is 0 Å². The van der Waals surface area contributed by atoms with Gasteiger partial charge >= 0.3 is 0 Å². The van der Waals surface area contributed by atoms with Crippen molar-refractivity contribution >= 4 is 11.6 Å². The van der Waals surface area contributed by atoms with Crippen LogP contribution in [0.25, 0.3) is 0 Å². The van der Waals surface area contributed by atoms with Crippen LogP contribution in [0.3, 0.4) is 0 Å². The van der Waals surface area contributed by atoms with Crippen molar-refractivity contribution in [2.75, 3.05) is 6.61 Å². The van der Waals surface area contributed by atoms with E-state index in [4.69, 9.17) is 16.3 Å². The zero-order valence-corrected chi connectivity index (χ0v) is 11.1. The quantitative estimate of drug-likeness (QED) is 0.781. The minimum Gasteiger partial charge on any atom is -0.491 e. The van der Waals surface area contributed by atoms with Crippen LogP contribution in [-0.4, -0.2) is 11.6 Å². The summed E-state index contributed by atoms with van der Waals surface area (Å²) >= 11 is 6.44. The van der Waals surface area contributed by atoms with Gasteiger partial charge in [0.1, 0.15) is 5.75 Å². The van der Waals surface area contributed by atoms with Crippen LogP contribution in [0, 0.1) is 0 Å². The van der Waals surface area contributed by atoms with Crippen molar-refractivity contribution in [2.24, 2.45) is 0 Å². The molecule has 0 spiro atoms. The molecule has 0 atom stereocenters. The van der Waals surface area contributed by atoms with Crippen molar-refractivity contribution in [3.8, 4) is 5.75 Å². The second-order valence-corrected chi connectivity index (χ2v) is 5.29. The lowest BCUT2D eigenvalue weighted by Crippen LogP contribution is -2.03. The van der Waals surface area contributed by atoms with E-state index >= 15 is 0 Å². The third-order valence-electron chi connectivity index (χ3n) is 2.93. The zero-order valence-electron chi connectivity index (χ0n) is 10.3. The molecule has 0 amide bonds. The molecule has 3 heteroatoms. The maximum atomic E-state index is 6.44. The summed E-state index contributed by atoms with van der Waals surface area (Å²) in [5.41, 5.74) is 3.22. The van der Waals surface area contributed by atoms with Gasteiger partial charge in [-0.1, -0.05) is 39.3 Å². The number of pyridine rings is 1. The molecule has 0 aromatic carbocycles. The highest BCUT2D eigenvalue weighted by molar-refractivity contribution is 6.32. The van der Waals surface area contributed by atoms with Crippen LogP contribution < -0.4 is 4.74 Å². The van der Waals surface area contributed by atoms with Crippen LogP contribution in [0.1, 0.15) is 56.5 Å². The molecular formula is C13H18ClNO. The first-order chi connectivity index (χ1) is 7.52. The van der Waals surface area contributed by atoms with Gasteiger partial charge in [0.2, 0.25) is 0 Å². The molecule has 2 heterocycles. The van der Waals surface area contributed by atoms with Gasteiger partial charge in [0.25, 0.3) is 0 Å². The minimum atomic E-state index is 0.357. The van der Waals surface area contributed by atoms with Gasteiger partial charge in [-0.2, -0.15) is 0 Å². The average molecular weight is 240 g/mol. The monoisotopic (exact) mass is 239 g/mol. The van der Waals surface area contributed by atoms with Gasteiger partial charge in [0.05, 0.1) is 23.0 Å². The third-order valence-corrected chi connectivity index (χ3v) is 3.33. The van der Waals surface area contributed by atoms with Crippen LogP contribution in [0.4, 0.5) is 0 Å². The van der Waals surface area contributed by atoms with E-state index in [1.165, 1.54) is 0 Å². The van der Waals surface area contributed by atoms with E-state index in [1.807, 2.05) is 0 Å². The van der Waals surface area contributed by atoms with Gasteiger partial charge < -0.3 is 4.74 Å². The summed E-state index contributed by atoms with van der Waals surface area (Å²) in [4.78, 5) is 4.64. The van der Waals surface area contributed by atoms with E-state index in [9.17, 15) is 0 Å². The Morgan fingerprint density at radius 3 is 2.44 bits per heavy atom. The van der Waals surface area contributed by atoms with Crippen LogP contribution >= 0.6 is 11.6 Å². The Morgan fingerprint density at radius 1 is 1.19 bits per heavy atom. The molecule has 0 saturated carbocycles. The number of fused-ring (bicyclic) bond motifs is 1. The van der Waals surface area contributed by atoms with E-state index in [-0.39, 0.29) is 0 Å². The summed E-state index contributed by atoms with van der Waals surface area (Å²) in [6.45, 7) is 9.28. The molecule has 0 unspecified atom stereocenters. The third kappa shape index (κ3) is 1.80. The Bertz CT molecular complexity index is 413. The van der Waals surface area contributed by atoms with Crippen molar-refractivity contribution in [1.29, 1.82) is 0 Å². The first-order valence-electron chi connectivity index (χ1n) is 5.87. The Hall–Kier alpha value is -0.760. The molecule has 0 radical (unpaired) electrons. The van der Waals surface area contributed by atoms with E-state index in [1.54, 1.807) is 0 Å². The molecule has 2 nitrogen and oxygen atoms in total. The highest BCUT2D eigenvalue weighted by Gasteiger charge is 2.26. The molecule has 0 bridgehead atoms. The predicted molar refractivity (Wildman–Crippen MR) is 66.6 cm³/mol. The first kappa shape index (κ1) is 11.7. The molecule has 88 valence electrons. The van der Waals surface area contributed by atoms with E-state index in [2.05, 4.69) is 32.7 Å². The van der Waals surface area contributed by atoms with Crippen molar-refractivity contribution < 1.29 is 4.74 Å². The fourth-order valence-corrected chi connectivity index (χ4v) is 2.68. The number of aromatic nitrogens is 1. The van der Waals surface area contributed by atoms with Crippen molar-refractivity contribution in [3.05, 3.63) is 22.0 Å². The number of ether oxygens (including phenoxy) is 1. The molecule has 0 aliphatic carbocycles. The Labute approximate surface area is 102 Å². The Balaban J connectivity index is 2.65. The molecule has 0 saturated heterocycles. The normalized spacial score (nSPS) is 14.4. The molecule has 1 aromatic heterocycles. The van der Waals surface area contributed by atoms with E-state index < -0.39 is 0 Å². The SMILES string of the molecule is CC(C)c1nc2c(c(C(C)C)c1Cl)OCC2. The summed E-state index contributed by atoms with van der Waals surface area (Å²) in [6, 6.07) is 0. The van der Waals surface area contributed by atoms with Crippen molar-refractivity contribution in [3.63, 3.8) is 0 Å². The summed E-state index contributed by atoms with van der Waals surface area (Å²) in [5.74, 6) is 1.67. The maximum Gasteiger partial charge on any atom is 0.145 e. The second-order valence-electron chi connectivity index (χ2n) is 4.91. The van der Waals surface area contributed by atoms with E-state index in [0.29, 0.717) is 11.8 Å². The maximum absolute atomic E-state index is 6.44. The Kier molecular flexibility index (Phi) is 3.11. The molecule has 0 fully saturated rings. The van der Waals surface area contributed by atoms with Gasteiger partial charge in [0, 0.05) is 12.0 Å². The lowest BCUT2D eigenvalue weighted by atomic mass is 9.97. The number of rotatable bonds is 2. The Morgan fingerprint density at radius 2 is 1.88 bits per heavy atom. The van der Waals surface area contributed by atoms with Crippen LogP contribution in [-0.2, 0) is 6.42 Å². The number of halogens is 1. The van der Waals surface area contributed by atoms with E-state index in [0.717, 1.165) is 40.8 Å². The lowest BCUT2D eigenvalue weighted by molar-refractivity contribution is 0.352. The lowest BCUT2D eigenvalue weighted by Gasteiger charge is -2.17. The number of nitrogens with zero attached hydrogens (tertiary/aromatic N) is 1. The molecule has 1 aliphatic heterocycles. The molecule has 1 aliphatic rings. The zero-order chi connectivity index (χ0) is 11.9. The molecule has 2 rings (SSSR count). The second kappa shape index (κ2) is 4.25. The highest BCUT2D eigenvalue weighted by Crippen LogP contribution is 2.41. The van der Waals surface area contributed by atoms with Crippen molar-refractivity contribution in [2.45, 2.75) is 46.0 Å². The van der Waals surface area contributed by atoms with Crippen LogP contribution in [0.5, 0.6) is 5.75 Å². The summed E-state index contributed by atoms with van der Waals surface area (Å²) in [7, 11) is 0. The number of hydrogen-bond donors (Lipinski definition) is 0. The first-order valence-corrected chi connectivity index (χ1v) is 6.25. The highest BCUT2D eigenvalue weighted by atomic mass is 35.5. The molecule has 0 N–H and O–H groups in total. The average Bonchev–Trinajstić information content (AvgIpc) is 2.62. The van der Waals surface area contributed by atoms with Gasteiger partial charge in [-0.05, 0) is 11.8 Å². The van der Waals surface area contributed by atoms with Gasteiger partial charge in [-0.3, -0.25) is 4.98 Å². The molecular weight excluding hydrogens is 222 g/mol. The summed E-state index contributed by atoms with van der Waals surface area (Å²) in [5, 5.41) is 0.797. The molecule has 16 heavy (non-hydrogen) atoms. The van der Waals surface area contributed by atoms with Gasteiger partial charge in [-0.25, -0.2) is 0 Å². The standard InChI is InChI=1S/C13H18ClNO/c1-7(2)10-11(14)12(8(3)4)15-9-5-6-16-13(9)10/h7-8H,5-6H2,1-4H3. The smallest absolute Gasteiger partial charge is 0.145 e. The fraction of sp³-hybridized carbons (Fsp3) is 0.615. The summed E-state index contributed by atoms with van der Waals surface area (Å²) < 4.78 is 5.66. The topological polar surface area (TPSA) is 22.1 Å². The van der Waals surface area contributed by atoms with Gasteiger partial charge in [-0.15, -0.1) is 0 Å². The summed E-state index contributed by atoms with van der Waals surface area (Å²) in [6.07, 6.45) is 0.909. The van der Waals surface area contributed by atoms with Crippen LogP contribution in [0.15, 0.2) is 0 Å². The largest absolute Gasteiger partial charge is 0.491 e.